The first kappa shape index (κ1) is 13.5. The fourth-order valence-corrected chi connectivity index (χ4v) is 2.14. The summed E-state index contributed by atoms with van der Waals surface area (Å²) in [6.07, 6.45) is -1.89. The van der Waals surface area contributed by atoms with E-state index >= 15 is 0 Å². The lowest BCUT2D eigenvalue weighted by molar-refractivity contribution is -0.135. The molecule has 1 heterocycles. The number of aromatic nitrogens is 1. The molecular weight excluding hydrogens is 253 g/mol. The zero-order valence-electron chi connectivity index (χ0n) is 10.4. The monoisotopic (exact) mass is 266 g/mol. The van der Waals surface area contributed by atoms with Crippen LogP contribution in [-0.4, -0.2) is 4.98 Å². The first-order valence-electron chi connectivity index (χ1n) is 6.06. The number of rotatable bonds is 3. The number of aromatic amines is 1. The Morgan fingerprint density at radius 3 is 2.63 bits per heavy atom. The van der Waals surface area contributed by atoms with Crippen LogP contribution in [0.4, 0.5) is 18.9 Å². The second-order valence-electron chi connectivity index (χ2n) is 4.43. The molecule has 1 N–H and O–H groups in total. The summed E-state index contributed by atoms with van der Waals surface area (Å²) in [4.78, 5) is 5.97. The highest BCUT2D eigenvalue weighted by atomic mass is 19.4. The van der Waals surface area contributed by atoms with Crippen LogP contribution in [0.15, 0.2) is 18.2 Å². The number of halogens is 3. The highest BCUT2D eigenvalue weighted by molar-refractivity contribution is 5.89. The maximum Gasteiger partial charge on any atom is 0.408 e. The smallest absolute Gasteiger partial charge is 0.358 e. The molecule has 0 amide bonds. The fourth-order valence-electron chi connectivity index (χ4n) is 2.14. The average molecular weight is 266 g/mol. The van der Waals surface area contributed by atoms with Crippen LogP contribution >= 0.6 is 0 Å². The summed E-state index contributed by atoms with van der Waals surface area (Å²) in [5, 5.41) is 0.0899. The molecule has 0 aliphatic carbocycles. The lowest BCUT2D eigenvalue weighted by Gasteiger charge is -2.09. The van der Waals surface area contributed by atoms with Crippen molar-refractivity contribution in [3.63, 3.8) is 0 Å². The molecular formula is C14H13F3N2. The normalized spacial score (nSPS) is 11.7. The number of nitrogens with zero attached hydrogens (tertiary/aromatic N) is 1. The van der Waals surface area contributed by atoms with Crippen molar-refractivity contribution < 1.29 is 13.2 Å². The van der Waals surface area contributed by atoms with Crippen LogP contribution in [0, 0.1) is 6.57 Å². The molecule has 1 aromatic heterocycles. The number of H-pyrrole nitrogens is 1. The van der Waals surface area contributed by atoms with Crippen molar-refractivity contribution in [3.8, 4) is 0 Å². The standard InChI is InChI=1S/C14H13F3N2/c1-3-4-5-9-8-10-11(19-9)6-7-12(18-2)13(10)14(15,16)17/h6-8,19H,3-5H2,1H3. The van der Waals surface area contributed by atoms with Crippen molar-refractivity contribution >= 4 is 16.6 Å². The van der Waals surface area contributed by atoms with Gasteiger partial charge in [0, 0.05) is 16.6 Å². The average Bonchev–Trinajstić information content (AvgIpc) is 2.76. The van der Waals surface area contributed by atoms with Gasteiger partial charge in [0.25, 0.3) is 0 Å². The fraction of sp³-hybridized carbons (Fsp3) is 0.357. The molecule has 0 unspecified atom stereocenters. The molecule has 5 heteroatoms. The van der Waals surface area contributed by atoms with Gasteiger partial charge in [0.05, 0.1) is 12.1 Å². The molecule has 0 radical (unpaired) electrons. The van der Waals surface area contributed by atoms with Crippen LogP contribution < -0.4 is 0 Å². The summed E-state index contributed by atoms with van der Waals surface area (Å²) >= 11 is 0. The minimum atomic E-state index is -4.51. The van der Waals surface area contributed by atoms with Crippen molar-refractivity contribution in [1.29, 1.82) is 0 Å². The van der Waals surface area contributed by atoms with E-state index in [0.717, 1.165) is 25.0 Å². The minimum absolute atomic E-state index is 0.0899. The lowest BCUT2D eigenvalue weighted by atomic mass is 10.1. The number of fused-ring (bicyclic) bond motifs is 1. The summed E-state index contributed by atoms with van der Waals surface area (Å²) in [5.74, 6) is 0. The Kier molecular flexibility index (Phi) is 3.52. The van der Waals surface area contributed by atoms with Crippen molar-refractivity contribution in [2.24, 2.45) is 0 Å². The van der Waals surface area contributed by atoms with Crippen LogP contribution in [-0.2, 0) is 12.6 Å². The molecule has 0 atom stereocenters. The predicted molar refractivity (Wildman–Crippen MR) is 68.2 cm³/mol. The summed E-state index contributed by atoms with van der Waals surface area (Å²) in [6, 6.07) is 4.27. The third kappa shape index (κ3) is 2.58. The van der Waals surface area contributed by atoms with E-state index < -0.39 is 11.7 Å². The van der Waals surface area contributed by atoms with Crippen molar-refractivity contribution in [1.82, 2.24) is 4.98 Å². The van der Waals surface area contributed by atoms with E-state index in [1.807, 2.05) is 6.92 Å². The maximum absolute atomic E-state index is 13.1. The third-order valence-electron chi connectivity index (χ3n) is 3.04. The molecule has 19 heavy (non-hydrogen) atoms. The molecule has 2 nitrogen and oxygen atoms in total. The van der Waals surface area contributed by atoms with Gasteiger partial charge in [-0.2, -0.15) is 13.2 Å². The summed E-state index contributed by atoms with van der Waals surface area (Å²) < 4.78 is 39.2. The molecule has 0 aliphatic heterocycles. The summed E-state index contributed by atoms with van der Waals surface area (Å²) in [7, 11) is 0. The van der Waals surface area contributed by atoms with E-state index in [9.17, 15) is 13.2 Å². The summed E-state index contributed by atoms with van der Waals surface area (Å²) in [5.41, 5.74) is 0.0374. The molecule has 0 saturated carbocycles. The molecule has 0 aliphatic rings. The number of hydrogen-bond donors (Lipinski definition) is 1. The van der Waals surface area contributed by atoms with Crippen molar-refractivity contribution in [2.45, 2.75) is 32.4 Å². The molecule has 0 bridgehead atoms. The zero-order chi connectivity index (χ0) is 14.0. The quantitative estimate of drug-likeness (QED) is 0.748. The van der Waals surface area contributed by atoms with E-state index in [0.29, 0.717) is 5.52 Å². The number of nitrogens with one attached hydrogen (secondary N) is 1. The Bertz CT molecular complexity index is 632. The van der Waals surface area contributed by atoms with Gasteiger partial charge in [-0.15, -0.1) is 0 Å². The highest BCUT2D eigenvalue weighted by Gasteiger charge is 2.35. The van der Waals surface area contributed by atoms with E-state index in [1.54, 1.807) is 0 Å². The number of alkyl halides is 3. The van der Waals surface area contributed by atoms with Crippen LogP contribution in [0.25, 0.3) is 15.7 Å². The van der Waals surface area contributed by atoms with Gasteiger partial charge in [0.15, 0.2) is 5.69 Å². The van der Waals surface area contributed by atoms with Gasteiger partial charge in [0.1, 0.15) is 0 Å². The van der Waals surface area contributed by atoms with Gasteiger partial charge in [0.2, 0.25) is 0 Å². The van der Waals surface area contributed by atoms with Gasteiger partial charge in [-0.1, -0.05) is 19.4 Å². The van der Waals surface area contributed by atoms with Crippen LogP contribution in [0.1, 0.15) is 31.0 Å². The van der Waals surface area contributed by atoms with E-state index in [-0.39, 0.29) is 11.1 Å². The Balaban J connectivity index is 2.61. The van der Waals surface area contributed by atoms with Crippen LogP contribution in [0.3, 0.4) is 0 Å². The van der Waals surface area contributed by atoms with Crippen molar-refractivity contribution in [2.75, 3.05) is 0 Å². The summed E-state index contributed by atoms with van der Waals surface area (Å²) in [6.45, 7) is 8.90. The molecule has 2 aromatic rings. The highest BCUT2D eigenvalue weighted by Crippen LogP contribution is 2.41. The lowest BCUT2D eigenvalue weighted by Crippen LogP contribution is -2.05. The topological polar surface area (TPSA) is 20.1 Å². The molecule has 0 saturated heterocycles. The number of benzene rings is 1. The van der Waals surface area contributed by atoms with E-state index in [1.165, 1.54) is 18.2 Å². The molecule has 0 fully saturated rings. The maximum atomic E-state index is 13.1. The van der Waals surface area contributed by atoms with Crippen molar-refractivity contribution in [3.05, 3.63) is 40.9 Å². The molecule has 100 valence electrons. The van der Waals surface area contributed by atoms with Gasteiger partial charge in [-0.25, -0.2) is 4.85 Å². The second-order valence-corrected chi connectivity index (χ2v) is 4.43. The number of hydrogen-bond acceptors (Lipinski definition) is 0. The Morgan fingerprint density at radius 1 is 1.32 bits per heavy atom. The molecule has 0 spiro atoms. The number of aryl methyl sites for hydroxylation is 1. The Morgan fingerprint density at radius 2 is 2.05 bits per heavy atom. The number of unbranched alkanes of at least 4 members (excludes halogenated alkanes) is 1. The Hall–Kier alpha value is -1.96. The Labute approximate surface area is 109 Å². The van der Waals surface area contributed by atoms with Gasteiger partial charge < -0.3 is 4.98 Å². The first-order valence-corrected chi connectivity index (χ1v) is 6.06. The first-order chi connectivity index (χ1) is 8.97. The minimum Gasteiger partial charge on any atom is -0.358 e. The zero-order valence-corrected chi connectivity index (χ0v) is 10.4. The van der Waals surface area contributed by atoms with Gasteiger partial charge >= 0.3 is 6.18 Å². The molecule has 2 rings (SSSR count). The van der Waals surface area contributed by atoms with E-state index in [2.05, 4.69) is 9.83 Å². The third-order valence-corrected chi connectivity index (χ3v) is 3.04. The van der Waals surface area contributed by atoms with Gasteiger partial charge in [-0.05, 0) is 25.0 Å². The SMILES string of the molecule is [C-]#[N+]c1ccc2[nH]c(CCCC)cc2c1C(F)(F)F. The van der Waals surface area contributed by atoms with Crippen LogP contribution in [0.5, 0.6) is 0 Å². The van der Waals surface area contributed by atoms with Gasteiger partial charge in [-0.3, -0.25) is 0 Å². The van der Waals surface area contributed by atoms with Crippen LogP contribution in [0.2, 0.25) is 0 Å². The van der Waals surface area contributed by atoms with E-state index in [4.69, 9.17) is 6.57 Å². The molecule has 1 aromatic carbocycles. The second kappa shape index (κ2) is 4.96. The largest absolute Gasteiger partial charge is 0.408 e. The predicted octanol–water partition coefficient (Wildman–Crippen LogP) is 5.08.